The molecule has 26 heavy (non-hydrogen) atoms. The minimum atomic E-state index is -0.540. The van der Waals surface area contributed by atoms with Gasteiger partial charge in [0.25, 0.3) is 5.56 Å². The molecule has 0 atom stereocenters. The van der Waals surface area contributed by atoms with Crippen molar-refractivity contribution in [2.45, 2.75) is 13.5 Å². The van der Waals surface area contributed by atoms with Crippen molar-refractivity contribution in [1.29, 1.82) is 0 Å². The molecule has 134 valence electrons. The fourth-order valence-corrected chi connectivity index (χ4v) is 2.78. The second-order valence-corrected chi connectivity index (χ2v) is 5.73. The van der Waals surface area contributed by atoms with Crippen LogP contribution in [0.15, 0.2) is 58.1 Å². The van der Waals surface area contributed by atoms with Crippen molar-refractivity contribution in [3.05, 3.63) is 69.4 Å². The molecule has 1 amide bonds. The van der Waals surface area contributed by atoms with Gasteiger partial charge in [0.1, 0.15) is 12.3 Å². The Balaban J connectivity index is 1.96. The Morgan fingerprint density at radius 3 is 2.54 bits per heavy atom. The molecule has 2 aromatic carbocycles. The second kappa shape index (κ2) is 7.26. The molecule has 0 fully saturated rings. The summed E-state index contributed by atoms with van der Waals surface area (Å²) in [6.07, 6.45) is 0. The Bertz CT molecular complexity index is 1080. The van der Waals surface area contributed by atoms with Gasteiger partial charge in [0.05, 0.1) is 23.2 Å². The molecule has 0 aliphatic heterocycles. The van der Waals surface area contributed by atoms with Crippen LogP contribution in [0.25, 0.3) is 10.9 Å². The molecule has 0 unspecified atom stereocenters. The zero-order valence-corrected chi connectivity index (χ0v) is 14.6. The van der Waals surface area contributed by atoms with Gasteiger partial charge >= 0.3 is 5.69 Å². The number of nitrogens with one attached hydrogen (secondary N) is 1. The van der Waals surface area contributed by atoms with E-state index in [0.29, 0.717) is 28.9 Å². The van der Waals surface area contributed by atoms with Crippen molar-refractivity contribution < 1.29 is 9.53 Å². The van der Waals surface area contributed by atoms with E-state index >= 15 is 0 Å². The van der Waals surface area contributed by atoms with Gasteiger partial charge in [-0.2, -0.15) is 0 Å². The van der Waals surface area contributed by atoms with Crippen LogP contribution in [-0.4, -0.2) is 21.6 Å². The predicted molar refractivity (Wildman–Crippen MR) is 99.7 cm³/mol. The lowest BCUT2D eigenvalue weighted by molar-refractivity contribution is -0.116. The smallest absolute Gasteiger partial charge is 0.331 e. The Morgan fingerprint density at radius 1 is 1.08 bits per heavy atom. The molecular formula is C19H19N3O4. The zero-order valence-electron chi connectivity index (χ0n) is 14.6. The van der Waals surface area contributed by atoms with Crippen LogP contribution in [0.3, 0.4) is 0 Å². The quantitative estimate of drug-likeness (QED) is 0.757. The van der Waals surface area contributed by atoms with Gasteiger partial charge in [-0.05, 0) is 31.2 Å². The number of para-hydroxylation sites is 3. The van der Waals surface area contributed by atoms with E-state index in [9.17, 15) is 14.4 Å². The van der Waals surface area contributed by atoms with Gasteiger partial charge in [0.15, 0.2) is 0 Å². The second-order valence-electron chi connectivity index (χ2n) is 5.73. The SMILES string of the molecule is CCOc1ccccc1NC(=O)Cn1c(=O)n(C)c(=O)c2ccccc21. The number of aromatic nitrogens is 2. The van der Waals surface area contributed by atoms with Crippen molar-refractivity contribution in [3.8, 4) is 5.75 Å². The summed E-state index contributed by atoms with van der Waals surface area (Å²) in [4.78, 5) is 37.2. The topological polar surface area (TPSA) is 82.3 Å². The van der Waals surface area contributed by atoms with E-state index in [4.69, 9.17) is 4.74 Å². The highest BCUT2D eigenvalue weighted by Gasteiger charge is 2.14. The number of nitrogens with zero attached hydrogens (tertiary/aromatic N) is 2. The predicted octanol–water partition coefficient (Wildman–Crippen LogP) is 1.74. The Morgan fingerprint density at radius 2 is 1.77 bits per heavy atom. The fourth-order valence-electron chi connectivity index (χ4n) is 2.78. The normalized spacial score (nSPS) is 10.7. The molecule has 1 aromatic heterocycles. The first-order chi connectivity index (χ1) is 12.5. The van der Waals surface area contributed by atoms with E-state index < -0.39 is 5.69 Å². The van der Waals surface area contributed by atoms with E-state index in [1.54, 1.807) is 42.5 Å². The molecule has 3 aromatic rings. The summed E-state index contributed by atoms with van der Waals surface area (Å²) in [5.41, 5.74) is 0.0289. The monoisotopic (exact) mass is 353 g/mol. The number of carbonyl (C=O) groups excluding carboxylic acids is 1. The van der Waals surface area contributed by atoms with Gasteiger partial charge in [-0.3, -0.25) is 18.7 Å². The van der Waals surface area contributed by atoms with E-state index in [0.717, 1.165) is 4.57 Å². The molecule has 7 heteroatoms. The number of anilines is 1. The lowest BCUT2D eigenvalue weighted by Gasteiger charge is -2.14. The van der Waals surface area contributed by atoms with Gasteiger partial charge in [-0.1, -0.05) is 24.3 Å². The number of hydrogen-bond acceptors (Lipinski definition) is 4. The summed E-state index contributed by atoms with van der Waals surface area (Å²) in [6, 6.07) is 13.8. The Kier molecular flexibility index (Phi) is 4.88. The van der Waals surface area contributed by atoms with Crippen molar-refractivity contribution in [3.63, 3.8) is 0 Å². The van der Waals surface area contributed by atoms with Crippen LogP contribution < -0.4 is 21.3 Å². The van der Waals surface area contributed by atoms with Crippen LogP contribution in [0.5, 0.6) is 5.75 Å². The van der Waals surface area contributed by atoms with Crippen LogP contribution in [-0.2, 0) is 18.4 Å². The molecule has 0 spiro atoms. The Labute approximate surface area is 149 Å². The largest absolute Gasteiger partial charge is 0.492 e. The number of ether oxygens (including phenoxy) is 1. The maximum atomic E-state index is 12.5. The summed E-state index contributed by atoms with van der Waals surface area (Å²) in [6.45, 7) is 2.11. The lowest BCUT2D eigenvalue weighted by Crippen LogP contribution is -2.40. The van der Waals surface area contributed by atoms with Crippen molar-refractivity contribution in [2.75, 3.05) is 11.9 Å². The van der Waals surface area contributed by atoms with Crippen molar-refractivity contribution in [2.24, 2.45) is 7.05 Å². The first kappa shape index (κ1) is 17.5. The van der Waals surface area contributed by atoms with E-state index in [1.807, 2.05) is 13.0 Å². The molecule has 0 aliphatic carbocycles. The molecule has 1 N–H and O–H groups in total. The molecule has 0 aliphatic rings. The number of amides is 1. The lowest BCUT2D eigenvalue weighted by atomic mass is 10.2. The van der Waals surface area contributed by atoms with E-state index in [-0.39, 0.29) is 18.0 Å². The van der Waals surface area contributed by atoms with Crippen molar-refractivity contribution >= 4 is 22.5 Å². The third kappa shape index (κ3) is 3.23. The number of fused-ring (bicyclic) bond motifs is 1. The molecule has 0 radical (unpaired) electrons. The average molecular weight is 353 g/mol. The van der Waals surface area contributed by atoms with Crippen LogP contribution in [0.1, 0.15) is 6.92 Å². The molecule has 1 heterocycles. The highest BCUT2D eigenvalue weighted by molar-refractivity contribution is 5.93. The van der Waals surface area contributed by atoms with Gasteiger partial charge in [-0.25, -0.2) is 4.79 Å². The molecular weight excluding hydrogens is 334 g/mol. The molecule has 0 saturated carbocycles. The minimum Gasteiger partial charge on any atom is -0.492 e. The maximum Gasteiger partial charge on any atom is 0.331 e. The number of carbonyl (C=O) groups is 1. The molecule has 3 rings (SSSR count). The first-order valence-electron chi connectivity index (χ1n) is 8.23. The standard InChI is InChI=1S/C19H19N3O4/c1-3-26-16-11-7-5-9-14(16)20-17(23)12-22-15-10-6-4-8-13(15)18(24)21(2)19(22)25/h4-11H,3,12H2,1-2H3,(H,20,23). The number of rotatable bonds is 5. The fraction of sp³-hybridized carbons (Fsp3) is 0.211. The van der Waals surface area contributed by atoms with Crippen molar-refractivity contribution in [1.82, 2.24) is 9.13 Å². The number of hydrogen-bond donors (Lipinski definition) is 1. The van der Waals surface area contributed by atoms with Crippen LogP contribution in [0, 0.1) is 0 Å². The van der Waals surface area contributed by atoms with E-state index in [1.165, 1.54) is 11.6 Å². The van der Waals surface area contributed by atoms with Gasteiger partial charge in [0, 0.05) is 7.05 Å². The van der Waals surface area contributed by atoms with Crippen LogP contribution in [0.2, 0.25) is 0 Å². The van der Waals surface area contributed by atoms with Gasteiger partial charge in [0.2, 0.25) is 5.91 Å². The molecule has 0 saturated heterocycles. The highest BCUT2D eigenvalue weighted by atomic mass is 16.5. The summed E-state index contributed by atoms with van der Waals surface area (Å²) in [5.74, 6) is 0.170. The van der Waals surface area contributed by atoms with Crippen LogP contribution >= 0.6 is 0 Å². The summed E-state index contributed by atoms with van der Waals surface area (Å²) in [7, 11) is 1.40. The Hall–Kier alpha value is -3.35. The zero-order chi connectivity index (χ0) is 18.7. The number of benzene rings is 2. The van der Waals surface area contributed by atoms with Gasteiger partial charge in [-0.15, -0.1) is 0 Å². The maximum absolute atomic E-state index is 12.5. The minimum absolute atomic E-state index is 0.214. The third-order valence-corrected chi connectivity index (χ3v) is 4.01. The molecule has 7 nitrogen and oxygen atoms in total. The first-order valence-corrected chi connectivity index (χ1v) is 8.23. The molecule has 0 bridgehead atoms. The third-order valence-electron chi connectivity index (χ3n) is 4.01. The summed E-state index contributed by atoms with van der Waals surface area (Å²) >= 11 is 0. The van der Waals surface area contributed by atoms with E-state index in [2.05, 4.69) is 5.32 Å². The summed E-state index contributed by atoms with van der Waals surface area (Å²) < 4.78 is 7.78. The highest BCUT2D eigenvalue weighted by Crippen LogP contribution is 2.23. The average Bonchev–Trinajstić information content (AvgIpc) is 2.65. The van der Waals surface area contributed by atoms with Crippen LogP contribution in [0.4, 0.5) is 5.69 Å². The summed E-state index contributed by atoms with van der Waals surface area (Å²) in [5, 5.41) is 3.14. The van der Waals surface area contributed by atoms with Gasteiger partial charge < -0.3 is 10.1 Å².